The lowest BCUT2D eigenvalue weighted by Crippen LogP contribution is -2.29. The number of carbonyl (C=O) groups excluding carboxylic acids is 2. The van der Waals surface area contributed by atoms with Crippen LogP contribution in [-0.4, -0.2) is 16.8 Å². The van der Waals surface area contributed by atoms with E-state index in [0.717, 1.165) is 0 Å². The largest absolute Gasteiger partial charge is 0.507 e. The highest BCUT2D eigenvalue weighted by Crippen LogP contribution is 2.42. The summed E-state index contributed by atoms with van der Waals surface area (Å²) in [5.41, 5.74) is 1.64. The number of nitrogens with zero attached hydrogens (tertiary/aromatic N) is 1. The van der Waals surface area contributed by atoms with E-state index in [9.17, 15) is 14.7 Å². The maximum atomic E-state index is 13.0. The van der Waals surface area contributed by atoms with Gasteiger partial charge in [0, 0.05) is 21.3 Å². The number of hydrogen-bond acceptors (Lipinski definition) is 3. The Bertz CT molecular complexity index is 1110. The van der Waals surface area contributed by atoms with Crippen molar-refractivity contribution in [3.05, 3.63) is 106 Å². The molecular formula is C23H15Cl2NO3. The summed E-state index contributed by atoms with van der Waals surface area (Å²) in [5, 5.41) is 12.0. The van der Waals surface area contributed by atoms with Crippen molar-refractivity contribution in [3.63, 3.8) is 0 Å². The molecule has 0 spiro atoms. The van der Waals surface area contributed by atoms with Crippen molar-refractivity contribution in [2.45, 2.75) is 6.04 Å². The summed E-state index contributed by atoms with van der Waals surface area (Å²) in [6, 6.07) is 21.3. The number of carbonyl (C=O) groups is 2. The Labute approximate surface area is 177 Å². The maximum Gasteiger partial charge on any atom is 0.300 e. The minimum absolute atomic E-state index is 0.0264. The molecule has 3 aromatic carbocycles. The smallest absolute Gasteiger partial charge is 0.300 e. The number of aliphatic hydroxyl groups is 1. The van der Waals surface area contributed by atoms with Crippen molar-refractivity contribution < 1.29 is 14.7 Å². The van der Waals surface area contributed by atoms with Crippen LogP contribution in [0.1, 0.15) is 17.2 Å². The first kappa shape index (κ1) is 19.2. The summed E-state index contributed by atoms with van der Waals surface area (Å²) in [7, 11) is 0. The van der Waals surface area contributed by atoms with Gasteiger partial charge in [-0.05, 0) is 42.0 Å². The number of aliphatic hydroxyl groups excluding tert-OH is 1. The van der Waals surface area contributed by atoms with Crippen molar-refractivity contribution in [3.8, 4) is 0 Å². The summed E-state index contributed by atoms with van der Waals surface area (Å²) >= 11 is 12.0. The predicted octanol–water partition coefficient (Wildman–Crippen LogP) is 5.62. The Hall–Kier alpha value is -3.08. The second-order valence-corrected chi connectivity index (χ2v) is 7.44. The summed E-state index contributed by atoms with van der Waals surface area (Å²) in [6.07, 6.45) is 0. The third-order valence-corrected chi connectivity index (χ3v) is 5.29. The Morgan fingerprint density at radius 2 is 1.34 bits per heavy atom. The number of ketones is 1. The number of rotatable bonds is 3. The quantitative estimate of drug-likeness (QED) is 0.337. The molecule has 1 aliphatic rings. The molecule has 29 heavy (non-hydrogen) atoms. The summed E-state index contributed by atoms with van der Waals surface area (Å²) in [6.45, 7) is 0. The summed E-state index contributed by atoms with van der Waals surface area (Å²) in [4.78, 5) is 27.3. The van der Waals surface area contributed by atoms with E-state index in [0.29, 0.717) is 26.9 Å². The molecule has 1 heterocycles. The normalized spacial score (nSPS) is 18.3. The van der Waals surface area contributed by atoms with Crippen LogP contribution in [0.4, 0.5) is 5.69 Å². The topological polar surface area (TPSA) is 57.6 Å². The van der Waals surface area contributed by atoms with Gasteiger partial charge < -0.3 is 5.11 Å². The van der Waals surface area contributed by atoms with Gasteiger partial charge in [-0.2, -0.15) is 0 Å². The van der Waals surface area contributed by atoms with Gasteiger partial charge in [0.05, 0.1) is 11.6 Å². The second kappa shape index (κ2) is 7.74. The van der Waals surface area contributed by atoms with Gasteiger partial charge in [0.25, 0.3) is 11.7 Å². The molecule has 0 aliphatic carbocycles. The lowest BCUT2D eigenvalue weighted by molar-refractivity contribution is -0.132. The molecule has 1 saturated heterocycles. The zero-order valence-corrected chi connectivity index (χ0v) is 16.6. The lowest BCUT2D eigenvalue weighted by atomic mass is 9.95. The van der Waals surface area contributed by atoms with Crippen LogP contribution in [0.15, 0.2) is 84.4 Å². The lowest BCUT2D eigenvalue weighted by Gasteiger charge is -2.25. The van der Waals surface area contributed by atoms with Crippen molar-refractivity contribution in [2.75, 3.05) is 4.90 Å². The molecule has 3 aromatic rings. The van der Waals surface area contributed by atoms with E-state index in [1.165, 1.54) is 4.90 Å². The molecule has 4 rings (SSSR count). The Kier molecular flexibility index (Phi) is 5.14. The third kappa shape index (κ3) is 3.53. The molecule has 0 bridgehead atoms. The average Bonchev–Trinajstić information content (AvgIpc) is 3.00. The van der Waals surface area contributed by atoms with Crippen LogP contribution in [0.2, 0.25) is 10.0 Å². The maximum absolute atomic E-state index is 13.0. The van der Waals surface area contributed by atoms with Crippen molar-refractivity contribution in [2.24, 2.45) is 0 Å². The highest BCUT2D eigenvalue weighted by Gasteiger charge is 2.46. The van der Waals surface area contributed by atoms with E-state index in [1.807, 2.05) is 0 Å². The van der Waals surface area contributed by atoms with Crippen LogP contribution in [-0.2, 0) is 9.59 Å². The highest BCUT2D eigenvalue weighted by atomic mass is 35.5. The minimum atomic E-state index is -0.798. The Balaban J connectivity index is 1.94. The monoisotopic (exact) mass is 423 g/mol. The van der Waals surface area contributed by atoms with Crippen molar-refractivity contribution in [1.29, 1.82) is 0 Å². The van der Waals surface area contributed by atoms with E-state index in [1.54, 1.807) is 78.9 Å². The molecule has 144 valence electrons. The van der Waals surface area contributed by atoms with E-state index < -0.39 is 17.7 Å². The molecule has 0 radical (unpaired) electrons. The number of halogens is 2. The first-order valence-electron chi connectivity index (χ1n) is 8.85. The average molecular weight is 424 g/mol. The molecule has 1 atom stereocenters. The SMILES string of the molecule is O=C1C(=O)N(c2ccc(Cl)cc2)[C@H](c2ccc(Cl)cc2)C1=C(O)c1ccccc1. The van der Waals surface area contributed by atoms with E-state index in [-0.39, 0.29) is 11.3 Å². The molecule has 0 unspecified atom stereocenters. The van der Waals surface area contributed by atoms with Gasteiger partial charge in [0.2, 0.25) is 0 Å². The van der Waals surface area contributed by atoms with Gasteiger partial charge in [-0.3, -0.25) is 14.5 Å². The van der Waals surface area contributed by atoms with Crippen molar-refractivity contribution in [1.82, 2.24) is 0 Å². The molecule has 1 N–H and O–H groups in total. The van der Waals surface area contributed by atoms with Gasteiger partial charge in [-0.15, -0.1) is 0 Å². The van der Waals surface area contributed by atoms with Gasteiger partial charge >= 0.3 is 0 Å². The Morgan fingerprint density at radius 3 is 1.93 bits per heavy atom. The van der Waals surface area contributed by atoms with Gasteiger partial charge in [-0.25, -0.2) is 0 Å². The molecule has 0 aromatic heterocycles. The van der Waals surface area contributed by atoms with Crippen LogP contribution in [0.25, 0.3) is 5.76 Å². The summed E-state index contributed by atoms with van der Waals surface area (Å²) in [5.74, 6) is -1.69. The summed E-state index contributed by atoms with van der Waals surface area (Å²) < 4.78 is 0. The molecule has 4 nitrogen and oxygen atoms in total. The molecule has 1 aliphatic heterocycles. The van der Waals surface area contributed by atoms with Crippen LogP contribution >= 0.6 is 23.2 Å². The standard InChI is InChI=1S/C23H15Cl2NO3/c24-16-8-6-14(7-9-16)20-19(21(27)15-4-2-1-3-5-15)22(28)23(29)26(20)18-12-10-17(25)11-13-18/h1-13,20,27H/t20-/m1/s1. The van der Waals surface area contributed by atoms with E-state index in [2.05, 4.69) is 0 Å². The Morgan fingerprint density at radius 1 is 0.793 bits per heavy atom. The molecule has 6 heteroatoms. The fraction of sp³-hybridized carbons (Fsp3) is 0.0435. The number of hydrogen-bond donors (Lipinski definition) is 1. The van der Waals surface area contributed by atoms with Crippen LogP contribution < -0.4 is 4.90 Å². The molecule has 1 fully saturated rings. The van der Waals surface area contributed by atoms with E-state index >= 15 is 0 Å². The number of Topliss-reactive ketones (excluding diaryl/α,β-unsaturated/α-hetero) is 1. The first-order chi connectivity index (χ1) is 14.0. The van der Waals surface area contributed by atoms with E-state index in [4.69, 9.17) is 23.2 Å². The number of amides is 1. The molecule has 0 saturated carbocycles. The van der Waals surface area contributed by atoms with Gasteiger partial charge in [0.15, 0.2) is 0 Å². The predicted molar refractivity (Wildman–Crippen MR) is 114 cm³/mol. The molecule has 1 amide bonds. The molecular weight excluding hydrogens is 409 g/mol. The minimum Gasteiger partial charge on any atom is -0.507 e. The zero-order valence-electron chi connectivity index (χ0n) is 15.0. The second-order valence-electron chi connectivity index (χ2n) is 6.56. The van der Waals surface area contributed by atoms with Crippen LogP contribution in [0.5, 0.6) is 0 Å². The number of anilines is 1. The van der Waals surface area contributed by atoms with Crippen LogP contribution in [0, 0.1) is 0 Å². The van der Waals surface area contributed by atoms with Crippen molar-refractivity contribution >= 4 is 46.3 Å². The first-order valence-corrected chi connectivity index (χ1v) is 9.60. The fourth-order valence-corrected chi connectivity index (χ4v) is 3.66. The van der Waals surface area contributed by atoms with Crippen LogP contribution in [0.3, 0.4) is 0 Å². The number of benzene rings is 3. The zero-order chi connectivity index (χ0) is 20.5. The van der Waals surface area contributed by atoms with Gasteiger partial charge in [-0.1, -0.05) is 65.7 Å². The van der Waals surface area contributed by atoms with Gasteiger partial charge in [0.1, 0.15) is 5.76 Å². The highest BCUT2D eigenvalue weighted by molar-refractivity contribution is 6.51. The third-order valence-electron chi connectivity index (χ3n) is 4.78. The fourth-order valence-electron chi connectivity index (χ4n) is 3.41.